The van der Waals surface area contributed by atoms with Gasteiger partial charge in [-0.2, -0.15) is 0 Å². The number of carboxylic acid groups (broad SMARTS) is 1. The summed E-state index contributed by atoms with van der Waals surface area (Å²) in [5, 5.41) is 12.0. The van der Waals surface area contributed by atoms with Crippen LogP contribution in [0.15, 0.2) is 18.2 Å². The predicted octanol–water partition coefficient (Wildman–Crippen LogP) is 1.27. The van der Waals surface area contributed by atoms with E-state index in [0.29, 0.717) is 13.0 Å². The number of benzene rings is 1. The lowest BCUT2D eigenvalue weighted by molar-refractivity contribution is -0.118. The highest BCUT2D eigenvalue weighted by molar-refractivity contribution is 5.96. The van der Waals surface area contributed by atoms with E-state index in [1.54, 1.807) is 23.1 Å². The summed E-state index contributed by atoms with van der Waals surface area (Å²) in [7, 11) is 1.86. The van der Waals surface area contributed by atoms with Crippen LogP contribution in [-0.2, 0) is 11.2 Å². The Morgan fingerprint density at radius 3 is 2.89 bits per heavy atom. The molecule has 0 atom stereocenters. The molecule has 1 aromatic carbocycles. The summed E-state index contributed by atoms with van der Waals surface area (Å²) in [6.45, 7) is 1.47. The van der Waals surface area contributed by atoms with Crippen molar-refractivity contribution < 1.29 is 14.7 Å². The predicted molar refractivity (Wildman–Crippen MR) is 72.6 cm³/mol. The van der Waals surface area contributed by atoms with E-state index < -0.39 is 5.97 Å². The molecule has 5 nitrogen and oxygen atoms in total. The van der Waals surface area contributed by atoms with E-state index in [0.717, 1.165) is 30.6 Å². The summed E-state index contributed by atoms with van der Waals surface area (Å²) >= 11 is 0. The van der Waals surface area contributed by atoms with E-state index in [4.69, 9.17) is 5.11 Å². The van der Waals surface area contributed by atoms with Gasteiger partial charge < -0.3 is 15.3 Å². The summed E-state index contributed by atoms with van der Waals surface area (Å²) < 4.78 is 0. The van der Waals surface area contributed by atoms with Crippen molar-refractivity contribution in [3.8, 4) is 0 Å². The Balaban J connectivity index is 2.09. The van der Waals surface area contributed by atoms with E-state index >= 15 is 0 Å². The maximum atomic E-state index is 12.1. The van der Waals surface area contributed by atoms with Gasteiger partial charge >= 0.3 is 5.97 Å². The van der Waals surface area contributed by atoms with Crippen LogP contribution in [0.5, 0.6) is 0 Å². The van der Waals surface area contributed by atoms with Gasteiger partial charge in [-0.15, -0.1) is 0 Å². The van der Waals surface area contributed by atoms with Gasteiger partial charge in [-0.1, -0.05) is 0 Å². The Hall–Kier alpha value is -1.88. The Bertz CT molecular complexity index is 499. The minimum absolute atomic E-state index is 0.108. The third-order valence-electron chi connectivity index (χ3n) is 3.34. The van der Waals surface area contributed by atoms with Gasteiger partial charge in [0.15, 0.2) is 0 Å². The third-order valence-corrected chi connectivity index (χ3v) is 3.34. The van der Waals surface area contributed by atoms with Gasteiger partial charge in [0.05, 0.1) is 5.56 Å². The molecule has 0 spiro atoms. The molecule has 2 N–H and O–H groups in total. The molecule has 0 radical (unpaired) electrons. The van der Waals surface area contributed by atoms with E-state index in [1.165, 1.54) is 0 Å². The maximum Gasteiger partial charge on any atom is 0.335 e. The van der Waals surface area contributed by atoms with Gasteiger partial charge in [-0.25, -0.2) is 4.79 Å². The molecule has 0 saturated carbocycles. The molecule has 2 rings (SSSR count). The van der Waals surface area contributed by atoms with E-state index in [-0.39, 0.29) is 11.5 Å². The number of aromatic carboxylic acids is 1. The molecule has 1 heterocycles. The van der Waals surface area contributed by atoms with Gasteiger partial charge in [0.1, 0.15) is 0 Å². The fraction of sp³-hybridized carbons (Fsp3) is 0.429. The number of nitrogens with zero attached hydrogens (tertiary/aromatic N) is 1. The minimum atomic E-state index is -0.929. The Labute approximate surface area is 112 Å². The van der Waals surface area contributed by atoms with Crippen molar-refractivity contribution in [3.63, 3.8) is 0 Å². The van der Waals surface area contributed by atoms with E-state index in [1.807, 2.05) is 7.05 Å². The second-order valence-corrected chi connectivity index (χ2v) is 4.65. The summed E-state index contributed by atoms with van der Waals surface area (Å²) in [5.74, 6) is -0.821. The van der Waals surface area contributed by atoms with Gasteiger partial charge in [0.25, 0.3) is 0 Å². The van der Waals surface area contributed by atoms with Crippen LogP contribution in [0.25, 0.3) is 0 Å². The molecule has 0 saturated heterocycles. The largest absolute Gasteiger partial charge is 0.478 e. The number of carboxylic acids is 1. The van der Waals surface area contributed by atoms with Crippen LogP contribution in [0.4, 0.5) is 5.69 Å². The molecular weight excluding hydrogens is 244 g/mol. The summed E-state index contributed by atoms with van der Waals surface area (Å²) in [4.78, 5) is 24.7. The quantitative estimate of drug-likeness (QED) is 0.784. The molecule has 0 fully saturated rings. The first-order valence-electron chi connectivity index (χ1n) is 6.44. The Kier molecular flexibility index (Phi) is 4.16. The number of fused-ring (bicyclic) bond motifs is 1. The lowest BCUT2D eigenvalue weighted by Gasteiger charge is -2.17. The second kappa shape index (κ2) is 5.84. The van der Waals surface area contributed by atoms with Crippen molar-refractivity contribution in [2.24, 2.45) is 0 Å². The number of hydrogen-bond acceptors (Lipinski definition) is 3. The highest BCUT2D eigenvalue weighted by atomic mass is 16.4. The van der Waals surface area contributed by atoms with E-state index in [2.05, 4.69) is 5.32 Å². The highest BCUT2D eigenvalue weighted by Crippen LogP contribution is 2.29. The molecular formula is C14H18N2O3. The minimum Gasteiger partial charge on any atom is -0.478 e. The number of carbonyl (C=O) groups is 2. The Morgan fingerprint density at radius 2 is 2.21 bits per heavy atom. The lowest BCUT2D eigenvalue weighted by atomic mass is 10.1. The Morgan fingerprint density at radius 1 is 1.42 bits per heavy atom. The fourth-order valence-electron chi connectivity index (χ4n) is 2.35. The summed E-state index contributed by atoms with van der Waals surface area (Å²) in [6, 6.07) is 4.96. The number of anilines is 1. The smallest absolute Gasteiger partial charge is 0.335 e. The van der Waals surface area contributed by atoms with Gasteiger partial charge in [0, 0.05) is 18.7 Å². The lowest BCUT2D eigenvalue weighted by Crippen LogP contribution is -2.29. The van der Waals surface area contributed by atoms with Crippen molar-refractivity contribution in [1.29, 1.82) is 0 Å². The summed E-state index contributed by atoms with van der Waals surface area (Å²) in [6.07, 6.45) is 2.06. The van der Waals surface area contributed by atoms with Crippen molar-refractivity contribution in [3.05, 3.63) is 29.3 Å². The first-order chi connectivity index (χ1) is 9.13. The highest BCUT2D eigenvalue weighted by Gasteiger charge is 2.24. The van der Waals surface area contributed by atoms with Crippen LogP contribution in [-0.4, -0.2) is 37.1 Å². The number of hydrogen-bond donors (Lipinski definition) is 2. The van der Waals surface area contributed by atoms with Crippen molar-refractivity contribution in [1.82, 2.24) is 5.32 Å². The zero-order chi connectivity index (χ0) is 13.8. The molecule has 1 aliphatic rings. The van der Waals surface area contributed by atoms with Crippen LogP contribution in [0.3, 0.4) is 0 Å². The van der Waals surface area contributed by atoms with Gasteiger partial charge in [-0.05, 0) is 50.2 Å². The molecule has 1 amide bonds. The number of rotatable bonds is 5. The van der Waals surface area contributed by atoms with Crippen LogP contribution in [0, 0.1) is 0 Å². The van der Waals surface area contributed by atoms with Crippen LogP contribution >= 0.6 is 0 Å². The SMILES string of the molecule is CNCCCC(=O)N1CCc2cc(C(=O)O)ccc21. The number of carbonyl (C=O) groups excluding carboxylic acids is 1. The van der Waals surface area contributed by atoms with Crippen LogP contribution in [0.2, 0.25) is 0 Å². The molecule has 5 heteroatoms. The van der Waals surface area contributed by atoms with Crippen molar-refractivity contribution in [2.45, 2.75) is 19.3 Å². The number of amides is 1. The molecule has 19 heavy (non-hydrogen) atoms. The second-order valence-electron chi connectivity index (χ2n) is 4.65. The zero-order valence-electron chi connectivity index (χ0n) is 11.0. The molecule has 102 valence electrons. The molecule has 0 aromatic heterocycles. The molecule has 1 aliphatic heterocycles. The molecule has 0 unspecified atom stereocenters. The number of nitrogens with one attached hydrogen (secondary N) is 1. The molecule has 0 aliphatic carbocycles. The zero-order valence-corrected chi connectivity index (χ0v) is 11.0. The topological polar surface area (TPSA) is 69.6 Å². The fourth-order valence-corrected chi connectivity index (χ4v) is 2.35. The average Bonchev–Trinajstić information content (AvgIpc) is 2.81. The third kappa shape index (κ3) is 2.93. The van der Waals surface area contributed by atoms with Crippen molar-refractivity contribution >= 4 is 17.6 Å². The van der Waals surface area contributed by atoms with Crippen molar-refractivity contribution in [2.75, 3.05) is 25.0 Å². The van der Waals surface area contributed by atoms with Crippen LogP contribution in [0.1, 0.15) is 28.8 Å². The molecule has 0 bridgehead atoms. The van der Waals surface area contributed by atoms with Gasteiger partial charge in [0.2, 0.25) is 5.91 Å². The maximum absolute atomic E-state index is 12.1. The van der Waals surface area contributed by atoms with E-state index in [9.17, 15) is 9.59 Å². The normalized spacial score (nSPS) is 13.4. The average molecular weight is 262 g/mol. The molecule has 1 aromatic rings. The first kappa shape index (κ1) is 13.5. The standard InChI is InChI=1S/C14H18N2O3/c1-15-7-2-3-13(17)16-8-6-10-9-11(14(18)19)4-5-12(10)16/h4-5,9,15H,2-3,6-8H2,1H3,(H,18,19). The van der Waals surface area contributed by atoms with Crippen LogP contribution < -0.4 is 10.2 Å². The summed E-state index contributed by atoms with van der Waals surface area (Å²) in [5.41, 5.74) is 2.09. The van der Waals surface area contributed by atoms with Gasteiger partial charge in [-0.3, -0.25) is 4.79 Å². The monoisotopic (exact) mass is 262 g/mol. The first-order valence-corrected chi connectivity index (χ1v) is 6.44.